The number of aliphatic hydroxyl groups excluding tert-OH is 2. The van der Waals surface area contributed by atoms with Gasteiger partial charge in [0.2, 0.25) is 5.91 Å². The number of amides is 1. The van der Waals surface area contributed by atoms with E-state index in [1.807, 2.05) is 48.6 Å². The van der Waals surface area contributed by atoms with Gasteiger partial charge in [-0.1, -0.05) is 286 Å². The Morgan fingerprint density at radius 1 is 0.455 bits per heavy atom. The normalized spacial score (nSPS) is 13.7. The molecular weight excluding hydrogens is 815 g/mol. The van der Waals surface area contributed by atoms with Crippen molar-refractivity contribution in [2.75, 3.05) is 6.61 Å². The molecule has 382 valence electrons. The number of rotatable bonds is 50. The van der Waals surface area contributed by atoms with Crippen LogP contribution in [0.3, 0.4) is 0 Å². The SMILES string of the molecule is CC\C=C/C=C/C=C/C=C\C=C\C=C\CCCCCC(=O)OC(CCCCCCCCCCCCCCCCC)CC(=O)NC(CO)C(O)CCCCCCCCCCCCCCCCC. The van der Waals surface area contributed by atoms with Crippen LogP contribution in [0.25, 0.3) is 0 Å². The van der Waals surface area contributed by atoms with E-state index >= 15 is 0 Å². The molecule has 0 saturated carbocycles. The Bertz CT molecular complexity index is 1220. The van der Waals surface area contributed by atoms with E-state index in [2.05, 4.69) is 50.4 Å². The minimum Gasteiger partial charge on any atom is -0.462 e. The van der Waals surface area contributed by atoms with E-state index < -0.39 is 18.2 Å². The van der Waals surface area contributed by atoms with Gasteiger partial charge in [0, 0.05) is 6.42 Å². The van der Waals surface area contributed by atoms with Crippen molar-refractivity contribution in [3.05, 3.63) is 72.9 Å². The van der Waals surface area contributed by atoms with Gasteiger partial charge in [0.1, 0.15) is 6.10 Å². The molecule has 6 nitrogen and oxygen atoms in total. The van der Waals surface area contributed by atoms with Crippen LogP contribution in [0.2, 0.25) is 0 Å². The van der Waals surface area contributed by atoms with Crippen molar-refractivity contribution in [3.63, 3.8) is 0 Å². The lowest BCUT2D eigenvalue weighted by atomic mass is 10.0. The van der Waals surface area contributed by atoms with Crippen LogP contribution in [0.4, 0.5) is 0 Å². The fourth-order valence-corrected chi connectivity index (χ4v) is 8.46. The molecule has 1 amide bonds. The van der Waals surface area contributed by atoms with Crippen molar-refractivity contribution in [3.8, 4) is 0 Å². The van der Waals surface area contributed by atoms with Gasteiger partial charge in [0.15, 0.2) is 0 Å². The van der Waals surface area contributed by atoms with Gasteiger partial charge in [-0.25, -0.2) is 0 Å². The number of ether oxygens (including phenoxy) is 1. The monoisotopic (exact) mass is 922 g/mol. The summed E-state index contributed by atoms with van der Waals surface area (Å²) in [5.41, 5.74) is 0. The first-order valence-corrected chi connectivity index (χ1v) is 28.2. The van der Waals surface area contributed by atoms with E-state index in [1.165, 1.54) is 154 Å². The lowest BCUT2D eigenvalue weighted by Gasteiger charge is -2.24. The van der Waals surface area contributed by atoms with Crippen LogP contribution in [-0.4, -0.2) is 46.9 Å². The molecule has 0 bridgehead atoms. The fourth-order valence-electron chi connectivity index (χ4n) is 8.46. The number of nitrogens with one attached hydrogen (secondary N) is 1. The number of aliphatic hydroxyl groups is 2. The summed E-state index contributed by atoms with van der Waals surface area (Å²) in [5.74, 6) is -0.517. The minimum absolute atomic E-state index is 0.0595. The summed E-state index contributed by atoms with van der Waals surface area (Å²) < 4.78 is 5.94. The first-order valence-electron chi connectivity index (χ1n) is 28.2. The summed E-state index contributed by atoms with van der Waals surface area (Å²) in [5, 5.41) is 23.9. The van der Waals surface area contributed by atoms with Gasteiger partial charge in [-0.15, -0.1) is 0 Å². The first-order chi connectivity index (χ1) is 32.5. The highest BCUT2D eigenvalue weighted by atomic mass is 16.5. The number of carbonyl (C=O) groups is 2. The molecule has 0 aromatic heterocycles. The average Bonchev–Trinajstić information content (AvgIpc) is 3.31. The third kappa shape index (κ3) is 47.8. The van der Waals surface area contributed by atoms with E-state index in [0.29, 0.717) is 19.3 Å². The second kappa shape index (κ2) is 53.3. The molecule has 3 atom stereocenters. The molecule has 0 saturated heterocycles. The molecule has 0 aromatic carbocycles. The Kier molecular flexibility index (Phi) is 51.1. The molecule has 66 heavy (non-hydrogen) atoms. The van der Waals surface area contributed by atoms with Gasteiger partial charge in [-0.05, 0) is 44.9 Å². The van der Waals surface area contributed by atoms with Gasteiger partial charge in [0.25, 0.3) is 0 Å². The Morgan fingerprint density at radius 2 is 0.818 bits per heavy atom. The molecule has 0 aromatic rings. The fraction of sp³-hybridized carbons (Fsp3) is 0.767. The van der Waals surface area contributed by atoms with Crippen molar-refractivity contribution in [1.82, 2.24) is 5.32 Å². The van der Waals surface area contributed by atoms with Crippen LogP contribution in [0, 0.1) is 0 Å². The van der Waals surface area contributed by atoms with Crippen molar-refractivity contribution in [1.29, 1.82) is 0 Å². The van der Waals surface area contributed by atoms with E-state index in [1.54, 1.807) is 0 Å². The molecule has 0 fully saturated rings. The van der Waals surface area contributed by atoms with E-state index in [9.17, 15) is 19.8 Å². The van der Waals surface area contributed by atoms with Crippen LogP contribution in [-0.2, 0) is 14.3 Å². The Labute approximate surface area is 409 Å². The number of carbonyl (C=O) groups excluding carboxylic acids is 2. The molecule has 0 aliphatic carbocycles. The number of hydrogen-bond acceptors (Lipinski definition) is 5. The number of unbranched alkanes of at least 4 members (excludes halogenated alkanes) is 31. The van der Waals surface area contributed by atoms with Gasteiger partial charge in [-0.3, -0.25) is 9.59 Å². The molecule has 0 aliphatic rings. The van der Waals surface area contributed by atoms with Crippen molar-refractivity contribution >= 4 is 11.9 Å². The molecular formula is C60H107NO5. The Hall–Kier alpha value is -2.70. The summed E-state index contributed by atoms with van der Waals surface area (Å²) >= 11 is 0. The zero-order chi connectivity index (χ0) is 48.1. The predicted octanol–water partition coefficient (Wildman–Crippen LogP) is 17.3. The highest BCUT2D eigenvalue weighted by Crippen LogP contribution is 2.18. The molecule has 6 heteroatoms. The zero-order valence-electron chi connectivity index (χ0n) is 43.6. The third-order valence-corrected chi connectivity index (χ3v) is 12.7. The minimum atomic E-state index is -0.798. The quantitative estimate of drug-likeness (QED) is 0.0321. The van der Waals surface area contributed by atoms with Crippen LogP contribution in [0.5, 0.6) is 0 Å². The van der Waals surface area contributed by atoms with Gasteiger partial charge in [-0.2, -0.15) is 0 Å². The summed E-state index contributed by atoms with van der Waals surface area (Å²) in [6.07, 6.45) is 68.1. The molecule has 3 N–H and O–H groups in total. The summed E-state index contributed by atoms with van der Waals surface area (Å²) in [6.45, 7) is 6.36. The molecule has 3 unspecified atom stereocenters. The predicted molar refractivity (Wildman–Crippen MR) is 287 cm³/mol. The van der Waals surface area contributed by atoms with Crippen LogP contribution < -0.4 is 5.32 Å². The van der Waals surface area contributed by atoms with Crippen molar-refractivity contribution in [2.24, 2.45) is 0 Å². The third-order valence-electron chi connectivity index (χ3n) is 12.7. The van der Waals surface area contributed by atoms with Gasteiger partial charge < -0.3 is 20.3 Å². The van der Waals surface area contributed by atoms with Crippen molar-refractivity contribution in [2.45, 2.75) is 289 Å². The summed E-state index contributed by atoms with van der Waals surface area (Å²) in [7, 11) is 0. The van der Waals surface area contributed by atoms with E-state index in [-0.39, 0.29) is 24.9 Å². The standard InChI is InChI=1S/C60H107NO5/c1-4-7-10-13-16-19-22-25-28-29-32-35-38-41-44-47-50-53-60(65)66-56(51-48-45-42-39-36-33-30-26-23-20-17-14-11-8-5-2)54-59(64)61-57(55-62)58(63)52-49-46-43-40-37-34-31-27-24-21-18-15-12-9-6-3/h7,10,13,16,19,22,25,28-29,32,35,38,56-58,62-63H,4-6,8-9,11-12,14-15,17-18,20-21,23-24,26-27,30-31,33-34,36-37,39-55H2,1-3H3,(H,61,64)/b10-7-,16-13+,22-19+,28-25-,32-29+,38-35+. The maximum atomic E-state index is 13.3. The largest absolute Gasteiger partial charge is 0.462 e. The second-order valence-corrected chi connectivity index (χ2v) is 19.1. The lowest BCUT2D eigenvalue weighted by molar-refractivity contribution is -0.151. The molecule has 0 radical (unpaired) electrons. The highest BCUT2D eigenvalue weighted by molar-refractivity contribution is 5.77. The second-order valence-electron chi connectivity index (χ2n) is 19.1. The summed E-state index contributed by atoms with van der Waals surface area (Å²) in [6, 6.07) is -0.713. The highest BCUT2D eigenvalue weighted by Gasteiger charge is 2.24. The molecule has 0 spiro atoms. The topological polar surface area (TPSA) is 95.9 Å². The molecule has 0 rings (SSSR count). The molecule has 0 aliphatic heterocycles. The van der Waals surface area contributed by atoms with Crippen LogP contribution in [0.15, 0.2) is 72.9 Å². The van der Waals surface area contributed by atoms with E-state index in [0.717, 1.165) is 70.6 Å². The number of esters is 1. The average molecular weight is 923 g/mol. The van der Waals surface area contributed by atoms with Crippen LogP contribution >= 0.6 is 0 Å². The Balaban J connectivity index is 4.64. The number of allylic oxidation sites excluding steroid dienone is 12. The zero-order valence-corrected chi connectivity index (χ0v) is 43.6. The van der Waals surface area contributed by atoms with E-state index in [4.69, 9.17) is 4.74 Å². The van der Waals surface area contributed by atoms with Gasteiger partial charge >= 0.3 is 5.97 Å². The maximum Gasteiger partial charge on any atom is 0.306 e. The summed E-state index contributed by atoms with van der Waals surface area (Å²) in [4.78, 5) is 26.2. The smallest absolute Gasteiger partial charge is 0.306 e. The van der Waals surface area contributed by atoms with Gasteiger partial charge in [0.05, 0.1) is 25.2 Å². The first kappa shape index (κ1) is 63.3. The lowest BCUT2D eigenvalue weighted by Crippen LogP contribution is -2.46. The van der Waals surface area contributed by atoms with Crippen LogP contribution in [0.1, 0.15) is 271 Å². The number of hydrogen-bond donors (Lipinski definition) is 3. The maximum absolute atomic E-state index is 13.3. The molecule has 0 heterocycles. The van der Waals surface area contributed by atoms with Crippen molar-refractivity contribution < 1.29 is 24.5 Å². The Morgan fingerprint density at radius 3 is 1.23 bits per heavy atom.